The van der Waals surface area contributed by atoms with Gasteiger partial charge in [-0.05, 0) is 42.8 Å². The fraction of sp³-hybridized carbons (Fsp3) is 0.300. The van der Waals surface area contributed by atoms with Crippen molar-refractivity contribution in [2.45, 2.75) is 24.2 Å². The molecule has 2 aromatic rings. The van der Waals surface area contributed by atoms with Crippen LogP contribution in [0.25, 0.3) is 0 Å². The SMILES string of the molecule is CCN1C(=O)C(C(=O)Nc2cccc(S(C)=O)c2)c2cc3c(cc21)CCO3. The minimum atomic E-state index is -1.15. The summed E-state index contributed by atoms with van der Waals surface area (Å²) in [6, 6.07) is 10.6. The maximum Gasteiger partial charge on any atom is 0.244 e. The molecule has 4 rings (SSSR count). The summed E-state index contributed by atoms with van der Waals surface area (Å²) in [5, 5.41) is 2.80. The van der Waals surface area contributed by atoms with E-state index >= 15 is 0 Å². The van der Waals surface area contributed by atoms with Crippen molar-refractivity contribution < 1.29 is 18.5 Å². The van der Waals surface area contributed by atoms with Gasteiger partial charge >= 0.3 is 0 Å². The number of benzene rings is 2. The molecule has 2 atom stereocenters. The van der Waals surface area contributed by atoms with Gasteiger partial charge in [-0.2, -0.15) is 0 Å². The Morgan fingerprint density at radius 2 is 2.15 bits per heavy atom. The second-order valence-corrected chi connectivity index (χ2v) is 7.98. The molecule has 2 aromatic carbocycles. The van der Waals surface area contributed by atoms with Crippen LogP contribution in [-0.2, 0) is 26.8 Å². The Morgan fingerprint density at radius 1 is 1.33 bits per heavy atom. The van der Waals surface area contributed by atoms with Gasteiger partial charge < -0.3 is 15.0 Å². The number of anilines is 2. The zero-order valence-electron chi connectivity index (χ0n) is 15.2. The first-order chi connectivity index (χ1) is 13.0. The molecule has 0 aliphatic carbocycles. The lowest BCUT2D eigenvalue weighted by atomic mass is 9.97. The third-order valence-corrected chi connectivity index (χ3v) is 5.88. The quantitative estimate of drug-likeness (QED) is 0.822. The Bertz CT molecular complexity index is 972. The minimum absolute atomic E-state index is 0.233. The Morgan fingerprint density at radius 3 is 2.89 bits per heavy atom. The number of likely N-dealkylation sites (N-methyl/N-ethyl adjacent to an activating group) is 1. The summed E-state index contributed by atoms with van der Waals surface area (Å²) in [6.07, 6.45) is 2.39. The van der Waals surface area contributed by atoms with Crippen molar-refractivity contribution in [2.24, 2.45) is 0 Å². The van der Waals surface area contributed by atoms with E-state index in [1.807, 2.05) is 19.1 Å². The molecule has 6 nitrogen and oxygen atoms in total. The first kappa shape index (κ1) is 17.7. The van der Waals surface area contributed by atoms with Gasteiger partial charge in [0.1, 0.15) is 11.7 Å². The van der Waals surface area contributed by atoms with Gasteiger partial charge in [0.25, 0.3) is 0 Å². The fourth-order valence-corrected chi connectivity index (χ4v) is 4.21. The van der Waals surface area contributed by atoms with Crippen molar-refractivity contribution in [3.63, 3.8) is 0 Å². The van der Waals surface area contributed by atoms with Crippen molar-refractivity contribution in [3.8, 4) is 5.75 Å². The molecule has 140 valence electrons. The van der Waals surface area contributed by atoms with Crippen LogP contribution >= 0.6 is 0 Å². The van der Waals surface area contributed by atoms with Gasteiger partial charge in [-0.25, -0.2) is 0 Å². The molecule has 2 heterocycles. The molecule has 0 saturated carbocycles. The molecule has 0 fully saturated rings. The van der Waals surface area contributed by atoms with E-state index in [9.17, 15) is 13.8 Å². The molecule has 2 aliphatic heterocycles. The Hall–Kier alpha value is -2.67. The summed E-state index contributed by atoms with van der Waals surface area (Å²) in [4.78, 5) is 28.1. The number of amides is 2. The van der Waals surface area contributed by atoms with Crippen LogP contribution in [0.1, 0.15) is 24.0 Å². The molecule has 27 heavy (non-hydrogen) atoms. The number of fused-ring (bicyclic) bond motifs is 2. The number of hydrogen-bond donors (Lipinski definition) is 1. The molecule has 2 amide bonds. The van der Waals surface area contributed by atoms with Crippen LogP contribution in [0.2, 0.25) is 0 Å². The summed E-state index contributed by atoms with van der Waals surface area (Å²) in [7, 11) is -1.15. The zero-order valence-corrected chi connectivity index (χ0v) is 16.0. The largest absolute Gasteiger partial charge is 0.493 e. The van der Waals surface area contributed by atoms with Gasteiger partial charge in [0.05, 0.1) is 6.61 Å². The minimum Gasteiger partial charge on any atom is -0.493 e. The first-order valence-corrected chi connectivity index (χ1v) is 10.4. The highest BCUT2D eigenvalue weighted by Gasteiger charge is 2.42. The van der Waals surface area contributed by atoms with Crippen LogP contribution < -0.4 is 15.0 Å². The molecule has 0 radical (unpaired) electrons. The number of hydrogen-bond acceptors (Lipinski definition) is 4. The lowest BCUT2D eigenvalue weighted by Crippen LogP contribution is -2.33. The molecule has 1 N–H and O–H groups in total. The van der Waals surface area contributed by atoms with Crippen molar-refractivity contribution >= 4 is 34.0 Å². The van der Waals surface area contributed by atoms with Gasteiger partial charge in [-0.3, -0.25) is 13.8 Å². The zero-order chi connectivity index (χ0) is 19.1. The van der Waals surface area contributed by atoms with E-state index in [1.165, 1.54) is 0 Å². The molecule has 0 aromatic heterocycles. The van der Waals surface area contributed by atoms with E-state index in [2.05, 4.69) is 5.32 Å². The number of nitrogens with one attached hydrogen (secondary N) is 1. The summed E-state index contributed by atoms with van der Waals surface area (Å²) in [6.45, 7) is 3.02. The number of carbonyl (C=O) groups is 2. The van der Waals surface area contributed by atoms with E-state index < -0.39 is 22.6 Å². The third kappa shape index (κ3) is 3.02. The van der Waals surface area contributed by atoms with Gasteiger partial charge in [0.15, 0.2) is 0 Å². The Kier molecular flexibility index (Phi) is 4.47. The first-order valence-electron chi connectivity index (χ1n) is 8.85. The van der Waals surface area contributed by atoms with Crippen molar-refractivity contribution in [1.82, 2.24) is 0 Å². The second kappa shape index (κ2) is 6.81. The van der Waals surface area contributed by atoms with Gasteiger partial charge in [-0.15, -0.1) is 0 Å². The van der Waals surface area contributed by atoms with E-state index in [0.717, 1.165) is 23.4 Å². The number of ether oxygens (including phenoxy) is 1. The van der Waals surface area contributed by atoms with E-state index in [0.29, 0.717) is 29.3 Å². The number of rotatable bonds is 4. The van der Waals surface area contributed by atoms with Crippen LogP contribution in [0.4, 0.5) is 11.4 Å². The average molecular weight is 384 g/mol. The van der Waals surface area contributed by atoms with E-state index in [1.54, 1.807) is 35.4 Å². The highest BCUT2D eigenvalue weighted by molar-refractivity contribution is 7.84. The fourth-order valence-electron chi connectivity index (χ4n) is 3.65. The number of carbonyl (C=O) groups excluding carboxylic acids is 2. The highest BCUT2D eigenvalue weighted by atomic mass is 32.2. The van der Waals surface area contributed by atoms with Crippen LogP contribution in [0, 0.1) is 0 Å². The molecule has 0 bridgehead atoms. The van der Waals surface area contributed by atoms with E-state index in [4.69, 9.17) is 4.74 Å². The highest BCUT2D eigenvalue weighted by Crippen LogP contribution is 2.43. The van der Waals surface area contributed by atoms with Gasteiger partial charge in [-0.1, -0.05) is 6.07 Å². The summed E-state index contributed by atoms with van der Waals surface area (Å²) < 4.78 is 17.3. The van der Waals surface area contributed by atoms with Crippen LogP contribution in [0.5, 0.6) is 5.75 Å². The summed E-state index contributed by atoms with van der Waals surface area (Å²) in [5.41, 5.74) is 3.05. The van der Waals surface area contributed by atoms with Crippen LogP contribution in [0.3, 0.4) is 0 Å². The molecule has 0 spiro atoms. The average Bonchev–Trinajstić information content (AvgIpc) is 3.20. The predicted molar refractivity (Wildman–Crippen MR) is 104 cm³/mol. The summed E-state index contributed by atoms with van der Waals surface area (Å²) >= 11 is 0. The van der Waals surface area contributed by atoms with E-state index in [-0.39, 0.29) is 5.91 Å². The van der Waals surface area contributed by atoms with Crippen LogP contribution in [-0.4, -0.2) is 35.4 Å². The normalized spacial score (nSPS) is 18.7. The maximum atomic E-state index is 13.0. The molecule has 2 unspecified atom stereocenters. The molecule has 2 aliphatic rings. The smallest absolute Gasteiger partial charge is 0.244 e. The van der Waals surface area contributed by atoms with Crippen molar-refractivity contribution in [1.29, 1.82) is 0 Å². The van der Waals surface area contributed by atoms with Crippen LogP contribution in [0.15, 0.2) is 41.3 Å². The standard InChI is InChI=1S/C20H20N2O4S/c1-3-22-16-9-12-7-8-26-17(12)11-15(16)18(20(22)24)19(23)21-13-5-4-6-14(10-13)27(2)25/h4-6,9-11,18H,3,7-8H2,1-2H3,(H,21,23). The molecule has 0 saturated heterocycles. The van der Waals surface area contributed by atoms with Gasteiger partial charge in [0, 0.05) is 51.9 Å². The monoisotopic (exact) mass is 384 g/mol. The molecule has 7 heteroatoms. The second-order valence-electron chi connectivity index (χ2n) is 6.60. The Balaban J connectivity index is 1.68. The lowest BCUT2D eigenvalue weighted by Gasteiger charge is -2.15. The maximum absolute atomic E-state index is 13.0. The van der Waals surface area contributed by atoms with Gasteiger partial charge in [0.2, 0.25) is 11.8 Å². The molecular weight excluding hydrogens is 364 g/mol. The van der Waals surface area contributed by atoms with Crippen molar-refractivity contribution in [2.75, 3.05) is 29.6 Å². The Labute approximate surface area is 160 Å². The number of nitrogens with zero attached hydrogens (tertiary/aromatic N) is 1. The third-order valence-electron chi connectivity index (χ3n) is 4.97. The lowest BCUT2D eigenvalue weighted by molar-refractivity contribution is -0.126. The predicted octanol–water partition coefficient (Wildman–Crippen LogP) is 2.45. The molecular formula is C20H20N2O4S. The summed E-state index contributed by atoms with van der Waals surface area (Å²) in [5.74, 6) is -0.788. The topological polar surface area (TPSA) is 75.7 Å². The van der Waals surface area contributed by atoms with Crippen molar-refractivity contribution in [3.05, 3.63) is 47.5 Å².